The maximum atomic E-state index is 10.3. The third-order valence-corrected chi connectivity index (χ3v) is 3.49. The summed E-state index contributed by atoms with van der Waals surface area (Å²) in [5, 5.41) is 21.4. The average Bonchev–Trinajstić information content (AvgIpc) is 2.92. The zero-order valence-corrected chi connectivity index (χ0v) is 11.2. The molecule has 0 bridgehead atoms. The lowest BCUT2D eigenvalue weighted by molar-refractivity contribution is 0.00505. The highest BCUT2D eigenvalue weighted by atomic mass is 16.4. The molecule has 20 heavy (non-hydrogen) atoms. The predicted molar refractivity (Wildman–Crippen MR) is 77.3 cm³/mol. The van der Waals surface area contributed by atoms with Gasteiger partial charge in [-0.1, -0.05) is 48.5 Å². The molecule has 3 aromatic rings. The molecule has 0 saturated heterocycles. The van der Waals surface area contributed by atoms with E-state index in [-0.39, 0.29) is 0 Å². The summed E-state index contributed by atoms with van der Waals surface area (Å²) >= 11 is 0. The lowest BCUT2D eigenvalue weighted by Crippen LogP contribution is -2.09. The first kappa shape index (κ1) is 12.9. The molecule has 0 saturated carbocycles. The molecule has 3 heteroatoms. The van der Waals surface area contributed by atoms with Crippen molar-refractivity contribution in [3.05, 3.63) is 71.5 Å². The normalized spacial score (nSPS) is 14.3. The molecule has 0 aliphatic carbocycles. The molecule has 1 aromatic heterocycles. The van der Waals surface area contributed by atoms with Crippen molar-refractivity contribution in [2.75, 3.05) is 0 Å². The Balaban J connectivity index is 1.96. The lowest BCUT2D eigenvalue weighted by atomic mass is 10.0. The van der Waals surface area contributed by atoms with Gasteiger partial charge < -0.3 is 14.6 Å². The van der Waals surface area contributed by atoms with Crippen LogP contribution < -0.4 is 0 Å². The molecular formula is C17H16O3. The Morgan fingerprint density at radius 1 is 0.900 bits per heavy atom. The van der Waals surface area contributed by atoms with Gasteiger partial charge in [0.2, 0.25) is 0 Å². The molecule has 2 N–H and O–H groups in total. The zero-order valence-electron chi connectivity index (χ0n) is 11.2. The van der Waals surface area contributed by atoms with Gasteiger partial charge in [-0.25, -0.2) is 0 Å². The Morgan fingerprint density at radius 3 is 2.35 bits per heavy atom. The Bertz CT molecular complexity index is 715. The van der Waals surface area contributed by atoms with Crippen LogP contribution in [-0.2, 0) is 0 Å². The fourth-order valence-electron chi connectivity index (χ4n) is 2.36. The first-order chi connectivity index (χ1) is 9.66. The number of rotatable bonds is 3. The largest absolute Gasteiger partial charge is 0.458 e. The van der Waals surface area contributed by atoms with Crippen molar-refractivity contribution in [1.82, 2.24) is 0 Å². The molecule has 0 amide bonds. The van der Waals surface area contributed by atoms with E-state index in [9.17, 15) is 10.2 Å². The monoisotopic (exact) mass is 268 g/mol. The van der Waals surface area contributed by atoms with Gasteiger partial charge in [0.1, 0.15) is 23.6 Å². The van der Waals surface area contributed by atoms with Gasteiger partial charge >= 0.3 is 0 Å². The van der Waals surface area contributed by atoms with Gasteiger partial charge in [-0.2, -0.15) is 0 Å². The molecule has 102 valence electrons. The summed E-state index contributed by atoms with van der Waals surface area (Å²) in [6, 6.07) is 16.7. The summed E-state index contributed by atoms with van der Waals surface area (Å²) in [6.45, 7) is 1.95. The van der Waals surface area contributed by atoms with E-state index >= 15 is 0 Å². The fourth-order valence-corrected chi connectivity index (χ4v) is 2.36. The van der Waals surface area contributed by atoms with Gasteiger partial charge in [-0.05, 0) is 24.1 Å². The number of aliphatic hydroxyl groups excluding tert-OH is 2. The quantitative estimate of drug-likeness (QED) is 0.764. The van der Waals surface area contributed by atoms with Gasteiger partial charge in [0.05, 0.1) is 0 Å². The molecule has 2 atom stereocenters. The molecule has 2 unspecified atom stereocenters. The van der Waals surface area contributed by atoms with E-state index in [0.29, 0.717) is 11.3 Å². The van der Waals surface area contributed by atoms with E-state index in [2.05, 4.69) is 0 Å². The summed E-state index contributed by atoms with van der Waals surface area (Å²) in [7, 11) is 0. The van der Waals surface area contributed by atoms with Crippen LogP contribution >= 0.6 is 0 Å². The second-order valence-corrected chi connectivity index (χ2v) is 4.94. The van der Waals surface area contributed by atoms with E-state index in [4.69, 9.17) is 4.42 Å². The minimum absolute atomic E-state index is 0.380. The fraction of sp³-hybridized carbons (Fsp3) is 0.176. The van der Waals surface area contributed by atoms with E-state index in [1.54, 1.807) is 18.2 Å². The van der Waals surface area contributed by atoms with Gasteiger partial charge in [0.25, 0.3) is 0 Å². The van der Waals surface area contributed by atoms with Crippen molar-refractivity contribution < 1.29 is 14.6 Å². The van der Waals surface area contributed by atoms with Crippen LogP contribution in [0.3, 0.4) is 0 Å². The molecule has 2 aromatic carbocycles. The van der Waals surface area contributed by atoms with Gasteiger partial charge in [0.15, 0.2) is 0 Å². The number of furan rings is 1. The minimum atomic E-state index is -1.08. The highest BCUT2D eigenvalue weighted by Gasteiger charge is 2.23. The number of para-hydroxylation sites is 1. The van der Waals surface area contributed by atoms with Crippen LogP contribution in [0.5, 0.6) is 0 Å². The Morgan fingerprint density at radius 2 is 1.65 bits per heavy atom. The second-order valence-electron chi connectivity index (χ2n) is 4.94. The van der Waals surface area contributed by atoms with Crippen LogP contribution in [0.1, 0.15) is 29.1 Å². The van der Waals surface area contributed by atoms with E-state index in [1.807, 2.05) is 43.3 Å². The van der Waals surface area contributed by atoms with E-state index < -0.39 is 12.2 Å². The van der Waals surface area contributed by atoms with E-state index in [0.717, 1.165) is 16.5 Å². The third kappa shape index (κ3) is 2.22. The molecule has 0 spiro atoms. The number of hydrogen-bond donors (Lipinski definition) is 2. The second kappa shape index (κ2) is 5.12. The molecule has 1 heterocycles. The number of fused-ring (bicyclic) bond motifs is 1. The summed E-state index contributed by atoms with van der Waals surface area (Å²) in [5.41, 5.74) is 2.43. The molecule has 0 aliphatic heterocycles. The third-order valence-electron chi connectivity index (χ3n) is 3.49. The molecule has 0 fully saturated rings. The minimum Gasteiger partial charge on any atom is -0.458 e. The van der Waals surface area contributed by atoms with Crippen molar-refractivity contribution in [3.63, 3.8) is 0 Å². The number of aliphatic hydroxyl groups is 2. The number of hydrogen-bond acceptors (Lipinski definition) is 3. The molecule has 0 radical (unpaired) electrons. The highest BCUT2D eigenvalue weighted by molar-refractivity contribution is 5.80. The Hall–Kier alpha value is -2.10. The molecule has 3 rings (SSSR count). The van der Waals surface area contributed by atoms with Crippen LogP contribution in [0.25, 0.3) is 11.0 Å². The topological polar surface area (TPSA) is 53.6 Å². The Labute approximate surface area is 117 Å². The SMILES string of the molecule is Cc1cccc2cc(C(O)C(O)c3ccccc3)oc12. The summed E-state index contributed by atoms with van der Waals surface area (Å²) in [5.74, 6) is 0.380. The summed E-state index contributed by atoms with van der Waals surface area (Å²) in [6.07, 6.45) is -2.08. The van der Waals surface area contributed by atoms with Crippen LogP contribution in [0.4, 0.5) is 0 Å². The summed E-state index contributed by atoms with van der Waals surface area (Å²) in [4.78, 5) is 0. The predicted octanol–water partition coefficient (Wildman–Crippen LogP) is 3.51. The van der Waals surface area contributed by atoms with Crippen LogP contribution in [0.15, 0.2) is 59.0 Å². The van der Waals surface area contributed by atoms with E-state index in [1.165, 1.54) is 0 Å². The smallest absolute Gasteiger partial charge is 0.142 e. The number of aryl methyl sites for hydroxylation is 1. The van der Waals surface area contributed by atoms with Crippen molar-refractivity contribution >= 4 is 11.0 Å². The first-order valence-corrected chi connectivity index (χ1v) is 6.57. The van der Waals surface area contributed by atoms with Gasteiger partial charge in [0, 0.05) is 5.39 Å². The van der Waals surface area contributed by atoms with Crippen LogP contribution in [0, 0.1) is 6.92 Å². The molecular weight excluding hydrogens is 252 g/mol. The number of benzene rings is 2. The zero-order chi connectivity index (χ0) is 14.1. The first-order valence-electron chi connectivity index (χ1n) is 6.57. The molecule has 3 nitrogen and oxygen atoms in total. The van der Waals surface area contributed by atoms with Gasteiger partial charge in [-0.3, -0.25) is 0 Å². The Kier molecular flexibility index (Phi) is 3.30. The maximum absolute atomic E-state index is 10.3. The highest BCUT2D eigenvalue weighted by Crippen LogP contribution is 2.33. The van der Waals surface area contributed by atoms with Crippen LogP contribution in [-0.4, -0.2) is 10.2 Å². The van der Waals surface area contributed by atoms with Crippen molar-refractivity contribution in [2.45, 2.75) is 19.1 Å². The van der Waals surface area contributed by atoms with Crippen molar-refractivity contribution in [1.29, 1.82) is 0 Å². The standard InChI is InChI=1S/C17H16O3/c1-11-6-5-9-13-10-14(20-17(11)13)16(19)15(18)12-7-3-2-4-8-12/h2-10,15-16,18-19H,1H3. The van der Waals surface area contributed by atoms with Crippen molar-refractivity contribution in [3.8, 4) is 0 Å². The van der Waals surface area contributed by atoms with Crippen LogP contribution in [0.2, 0.25) is 0 Å². The van der Waals surface area contributed by atoms with Gasteiger partial charge in [-0.15, -0.1) is 0 Å². The maximum Gasteiger partial charge on any atom is 0.142 e. The average molecular weight is 268 g/mol. The molecule has 0 aliphatic rings. The van der Waals surface area contributed by atoms with Crippen molar-refractivity contribution in [2.24, 2.45) is 0 Å². The summed E-state index contributed by atoms with van der Waals surface area (Å²) < 4.78 is 5.69. The lowest BCUT2D eigenvalue weighted by Gasteiger charge is -2.15.